The lowest BCUT2D eigenvalue weighted by Gasteiger charge is -2.24. The van der Waals surface area contributed by atoms with Gasteiger partial charge in [0.2, 0.25) is 5.91 Å². The second kappa shape index (κ2) is 7.92. The van der Waals surface area contributed by atoms with Crippen molar-refractivity contribution in [1.82, 2.24) is 10.3 Å². The normalized spacial score (nSPS) is 15.3. The molecule has 1 unspecified atom stereocenters. The number of carbonyl (C=O) groups is 2. The zero-order valence-corrected chi connectivity index (χ0v) is 15.1. The van der Waals surface area contributed by atoms with Crippen molar-refractivity contribution in [3.63, 3.8) is 0 Å². The molecule has 2 N–H and O–H groups in total. The average Bonchev–Trinajstić information content (AvgIpc) is 2.74. The molecular formula is C22H19N3O3. The number of benzene rings is 2. The van der Waals surface area contributed by atoms with E-state index in [4.69, 9.17) is 4.74 Å². The van der Waals surface area contributed by atoms with Crippen molar-refractivity contribution in [2.24, 2.45) is 0 Å². The number of nitrogens with one attached hydrogen (secondary N) is 2. The summed E-state index contributed by atoms with van der Waals surface area (Å²) in [6.07, 6.45) is 1.46. The Labute approximate surface area is 162 Å². The van der Waals surface area contributed by atoms with Crippen LogP contribution in [0.4, 0.5) is 10.6 Å². The van der Waals surface area contributed by atoms with Crippen LogP contribution in [-0.4, -0.2) is 23.0 Å². The van der Waals surface area contributed by atoms with Gasteiger partial charge < -0.3 is 15.4 Å². The molecule has 0 aliphatic carbocycles. The molecule has 140 valence electrons. The van der Waals surface area contributed by atoms with Crippen molar-refractivity contribution in [2.45, 2.75) is 19.1 Å². The van der Waals surface area contributed by atoms with Crippen LogP contribution < -0.4 is 10.6 Å². The molecule has 0 spiro atoms. The highest BCUT2D eigenvalue weighted by Crippen LogP contribution is 2.26. The van der Waals surface area contributed by atoms with Crippen LogP contribution >= 0.6 is 0 Å². The number of hydrogen-bond donors (Lipinski definition) is 2. The van der Waals surface area contributed by atoms with Gasteiger partial charge in [0.15, 0.2) is 0 Å². The van der Waals surface area contributed by atoms with Gasteiger partial charge in [-0.05, 0) is 22.8 Å². The van der Waals surface area contributed by atoms with Crippen molar-refractivity contribution in [3.05, 3.63) is 84.1 Å². The first kappa shape index (κ1) is 17.7. The molecule has 2 amide bonds. The Balaban J connectivity index is 1.43. The van der Waals surface area contributed by atoms with E-state index in [2.05, 4.69) is 15.6 Å². The summed E-state index contributed by atoms with van der Waals surface area (Å²) < 4.78 is 5.21. The van der Waals surface area contributed by atoms with Gasteiger partial charge in [-0.1, -0.05) is 60.7 Å². The first-order chi connectivity index (χ1) is 13.7. The van der Waals surface area contributed by atoms with Gasteiger partial charge in [-0.15, -0.1) is 0 Å². The smallest absolute Gasteiger partial charge is 0.408 e. The third-order valence-electron chi connectivity index (χ3n) is 4.56. The topological polar surface area (TPSA) is 80.3 Å². The lowest BCUT2D eigenvalue weighted by molar-refractivity contribution is -0.118. The number of carbonyl (C=O) groups excluding carboxylic acids is 2. The van der Waals surface area contributed by atoms with E-state index in [0.29, 0.717) is 12.2 Å². The fraction of sp³-hybridized carbons (Fsp3) is 0.136. The third-order valence-corrected chi connectivity index (χ3v) is 4.56. The quantitative estimate of drug-likeness (QED) is 0.733. The van der Waals surface area contributed by atoms with Crippen molar-refractivity contribution in [3.8, 4) is 11.1 Å². The molecule has 0 saturated heterocycles. The van der Waals surface area contributed by atoms with Crippen LogP contribution in [-0.2, 0) is 22.6 Å². The first-order valence-corrected chi connectivity index (χ1v) is 9.01. The molecule has 2 aromatic carbocycles. The van der Waals surface area contributed by atoms with Crippen molar-refractivity contribution >= 4 is 17.8 Å². The zero-order valence-electron chi connectivity index (χ0n) is 15.1. The van der Waals surface area contributed by atoms with Crippen molar-refractivity contribution < 1.29 is 14.3 Å². The second-order valence-electron chi connectivity index (χ2n) is 6.55. The number of anilines is 1. The Bertz CT molecular complexity index is 990. The van der Waals surface area contributed by atoms with E-state index in [1.165, 1.54) is 0 Å². The van der Waals surface area contributed by atoms with Gasteiger partial charge in [0.25, 0.3) is 0 Å². The Kier molecular flexibility index (Phi) is 5.01. The number of hydrogen-bond acceptors (Lipinski definition) is 4. The van der Waals surface area contributed by atoms with Crippen molar-refractivity contribution in [2.75, 3.05) is 5.32 Å². The molecule has 0 radical (unpaired) electrons. The number of amides is 2. The highest BCUT2D eigenvalue weighted by molar-refractivity contribution is 5.98. The van der Waals surface area contributed by atoms with Gasteiger partial charge in [0, 0.05) is 18.2 Å². The predicted molar refractivity (Wildman–Crippen MR) is 106 cm³/mol. The lowest BCUT2D eigenvalue weighted by Crippen LogP contribution is -2.48. The number of fused-ring (bicyclic) bond motifs is 1. The van der Waals surface area contributed by atoms with Crippen LogP contribution in [0.1, 0.15) is 11.1 Å². The summed E-state index contributed by atoms with van der Waals surface area (Å²) in [4.78, 5) is 28.8. The highest BCUT2D eigenvalue weighted by atomic mass is 16.5. The van der Waals surface area contributed by atoms with E-state index in [1.54, 1.807) is 6.20 Å². The highest BCUT2D eigenvalue weighted by Gasteiger charge is 2.29. The van der Waals surface area contributed by atoms with Crippen LogP contribution in [0.2, 0.25) is 0 Å². The fourth-order valence-corrected chi connectivity index (χ4v) is 3.11. The molecule has 2 heterocycles. The molecule has 28 heavy (non-hydrogen) atoms. The summed E-state index contributed by atoms with van der Waals surface area (Å²) in [5, 5.41) is 5.39. The fourth-order valence-electron chi connectivity index (χ4n) is 3.11. The number of ether oxygens (including phenoxy) is 1. The molecular weight excluding hydrogens is 354 g/mol. The number of alkyl carbamates (subject to hydrolysis) is 1. The Hall–Kier alpha value is -3.67. The number of aromatic nitrogens is 1. The van der Waals surface area contributed by atoms with Crippen molar-refractivity contribution in [1.29, 1.82) is 0 Å². The first-order valence-electron chi connectivity index (χ1n) is 9.01. The van der Waals surface area contributed by atoms with Gasteiger partial charge in [0.1, 0.15) is 18.5 Å². The Morgan fingerprint density at radius 3 is 2.54 bits per heavy atom. The van der Waals surface area contributed by atoms with Crippen LogP contribution in [0.3, 0.4) is 0 Å². The standard InChI is InChI=1S/C22H19N3O3/c26-21-19(24-22(27)28-14-15-7-3-1-4-8-15)12-17-11-18(13-23-20(17)25-21)16-9-5-2-6-10-16/h1-11,13,19H,12,14H2,(H,24,27)(H,23,25,26). The van der Waals surface area contributed by atoms with Gasteiger partial charge >= 0.3 is 6.09 Å². The minimum Gasteiger partial charge on any atom is -0.445 e. The SMILES string of the molecule is O=C(NC1Cc2cc(-c3ccccc3)cnc2NC1=O)OCc1ccccc1. The van der Waals surface area contributed by atoms with E-state index in [1.807, 2.05) is 66.7 Å². The average molecular weight is 373 g/mol. The maximum atomic E-state index is 12.3. The number of nitrogens with zero attached hydrogens (tertiary/aromatic N) is 1. The summed E-state index contributed by atoms with van der Waals surface area (Å²) in [6.45, 7) is 0.150. The molecule has 0 fully saturated rings. The van der Waals surface area contributed by atoms with Crippen LogP contribution in [0.25, 0.3) is 11.1 Å². The molecule has 0 bridgehead atoms. The third kappa shape index (κ3) is 4.01. The Morgan fingerprint density at radius 2 is 1.79 bits per heavy atom. The summed E-state index contributed by atoms with van der Waals surface area (Å²) in [7, 11) is 0. The van der Waals surface area contributed by atoms with Crippen LogP contribution in [0.15, 0.2) is 72.9 Å². The van der Waals surface area contributed by atoms with E-state index < -0.39 is 12.1 Å². The molecule has 0 saturated carbocycles. The maximum Gasteiger partial charge on any atom is 0.408 e. The minimum atomic E-state index is -0.705. The maximum absolute atomic E-state index is 12.3. The minimum absolute atomic E-state index is 0.150. The second-order valence-corrected chi connectivity index (χ2v) is 6.55. The van der Waals surface area contributed by atoms with Gasteiger partial charge in [0.05, 0.1) is 0 Å². The van der Waals surface area contributed by atoms with E-state index in [9.17, 15) is 9.59 Å². The van der Waals surface area contributed by atoms with E-state index in [-0.39, 0.29) is 12.5 Å². The summed E-state index contributed by atoms with van der Waals surface area (Å²) in [5.74, 6) is 0.226. The van der Waals surface area contributed by atoms with E-state index >= 15 is 0 Å². The molecule has 6 nitrogen and oxygen atoms in total. The van der Waals surface area contributed by atoms with Crippen LogP contribution in [0, 0.1) is 0 Å². The Morgan fingerprint density at radius 1 is 1.07 bits per heavy atom. The summed E-state index contributed by atoms with van der Waals surface area (Å²) in [5.41, 5.74) is 3.75. The number of rotatable bonds is 4. The summed E-state index contributed by atoms with van der Waals surface area (Å²) in [6, 6.07) is 20.5. The lowest BCUT2D eigenvalue weighted by atomic mass is 9.98. The monoisotopic (exact) mass is 373 g/mol. The van der Waals surface area contributed by atoms with Gasteiger partial charge in [-0.2, -0.15) is 0 Å². The molecule has 1 aliphatic heterocycles. The molecule has 6 heteroatoms. The molecule has 3 aromatic rings. The molecule has 1 aromatic heterocycles. The molecule has 1 aliphatic rings. The predicted octanol–water partition coefficient (Wildman–Crippen LogP) is 3.54. The molecule has 1 atom stereocenters. The summed E-state index contributed by atoms with van der Waals surface area (Å²) >= 11 is 0. The largest absolute Gasteiger partial charge is 0.445 e. The molecule has 4 rings (SSSR count). The van der Waals surface area contributed by atoms with Gasteiger partial charge in [-0.25, -0.2) is 9.78 Å². The van der Waals surface area contributed by atoms with Crippen LogP contribution in [0.5, 0.6) is 0 Å². The van der Waals surface area contributed by atoms with E-state index in [0.717, 1.165) is 22.3 Å². The number of pyridine rings is 1. The zero-order chi connectivity index (χ0) is 19.3. The van der Waals surface area contributed by atoms with Gasteiger partial charge in [-0.3, -0.25) is 4.79 Å².